The number of allylic oxidation sites excluding steroid dienone is 4. The first kappa shape index (κ1) is 13.5. The standard InChI is InChI=1S/C11H14F3N/c1-4-6-7-10(9(3)5-2)15-8-11(12,13)14/h4-7,15H,2-3,8H2,1H3/b6-4-,10-7+. The molecule has 0 bridgehead atoms. The Labute approximate surface area is 87.7 Å². The minimum Gasteiger partial charge on any atom is -0.376 e. The summed E-state index contributed by atoms with van der Waals surface area (Å²) in [6.45, 7) is 7.72. The van der Waals surface area contributed by atoms with Crippen LogP contribution in [-0.2, 0) is 0 Å². The normalized spacial score (nSPS) is 12.9. The van der Waals surface area contributed by atoms with Crippen molar-refractivity contribution in [1.82, 2.24) is 5.32 Å². The maximum absolute atomic E-state index is 11.9. The molecule has 0 aromatic rings. The van der Waals surface area contributed by atoms with Crippen LogP contribution in [0.25, 0.3) is 0 Å². The van der Waals surface area contributed by atoms with Crippen LogP contribution >= 0.6 is 0 Å². The minimum atomic E-state index is -4.24. The lowest BCUT2D eigenvalue weighted by atomic mass is 10.2. The third-order valence-corrected chi connectivity index (χ3v) is 1.53. The molecule has 0 aliphatic carbocycles. The first-order chi connectivity index (χ1) is 6.90. The third kappa shape index (κ3) is 6.60. The lowest BCUT2D eigenvalue weighted by Gasteiger charge is -2.12. The lowest BCUT2D eigenvalue weighted by molar-refractivity contribution is -0.123. The van der Waals surface area contributed by atoms with Crippen molar-refractivity contribution in [2.75, 3.05) is 6.54 Å². The van der Waals surface area contributed by atoms with Crippen LogP contribution in [0.1, 0.15) is 6.92 Å². The van der Waals surface area contributed by atoms with Gasteiger partial charge in [-0.05, 0) is 18.6 Å². The van der Waals surface area contributed by atoms with Gasteiger partial charge in [-0.2, -0.15) is 13.2 Å². The van der Waals surface area contributed by atoms with E-state index in [1.54, 1.807) is 19.1 Å². The maximum atomic E-state index is 11.9. The van der Waals surface area contributed by atoms with Gasteiger partial charge in [0.05, 0.1) is 0 Å². The van der Waals surface area contributed by atoms with Gasteiger partial charge in [0.1, 0.15) is 6.54 Å². The van der Waals surface area contributed by atoms with Crippen molar-refractivity contribution in [2.24, 2.45) is 0 Å². The van der Waals surface area contributed by atoms with E-state index < -0.39 is 12.7 Å². The van der Waals surface area contributed by atoms with Crippen molar-refractivity contribution in [3.8, 4) is 0 Å². The van der Waals surface area contributed by atoms with Crippen molar-refractivity contribution in [1.29, 1.82) is 0 Å². The van der Waals surface area contributed by atoms with Gasteiger partial charge in [0.15, 0.2) is 0 Å². The molecule has 1 nitrogen and oxygen atoms in total. The zero-order valence-electron chi connectivity index (χ0n) is 8.56. The van der Waals surface area contributed by atoms with Crippen molar-refractivity contribution < 1.29 is 13.2 Å². The van der Waals surface area contributed by atoms with Gasteiger partial charge in [0, 0.05) is 5.70 Å². The fourth-order valence-corrected chi connectivity index (χ4v) is 0.777. The highest BCUT2D eigenvalue weighted by atomic mass is 19.4. The summed E-state index contributed by atoms with van der Waals surface area (Å²) in [6, 6.07) is 0. The van der Waals surface area contributed by atoms with E-state index >= 15 is 0 Å². The van der Waals surface area contributed by atoms with Gasteiger partial charge in [-0.1, -0.05) is 31.4 Å². The summed E-state index contributed by atoms with van der Waals surface area (Å²) >= 11 is 0. The Bertz CT molecular complexity index is 285. The van der Waals surface area contributed by atoms with Gasteiger partial charge in [0.25, 0.3) is 0 Å². The molecule has 84 valence electrons. The number of alkyl halides is 3. The minimum absolute atomic E-state index is 0.320. The Morgan fingerprint density at radius 2 is 2.00 bits per heavy atom. The average molecular weight is 217 g/mol. The van der Waals surface area contributed by atoms with Crippen LogP contribution in [-0.4, -0.2) is 12.7 Å². The number of hydrogen-bond donors (Lipinski definition) is 1. The lowest BCUT2D eigenvalue weighted by Crippen LogP contribution is -2.28. The van der Waals surface area contributed by atoms with E-state index in [1.165, 1.54) is 12.2 Å². The molecule has 0 saturated carbocycles. The van der Waals surface area contributed by atoms with E-state index in [0.29, 0.717) is 11.3 Å². The molecule has 0 unspecified atom stereocenters. The predicted octanol–water partition coefficient (Wildman–Crippen LogP) is 3.34. The van der Waals surface area contributed by atoms with Crippen LogP contribution in [0.3, 0.4) is 0 Å². The van der Waals surface area contributed by atoms with E-state index in [2.05, 4.69) is 18.5 Å². The van der Waals surface area contributed by atoms with Crippen LogP contribution in [0.4, 0.5) is 13.2 Å². The maximum Gasteiger partial charge on any atom is 0.405 e. The third-order valence-electron chi connectivity index (χ3n) is 1.53. The van der Waals surface area contributed by atoms with Gasteiger partial charge < -0.3 is 5.32 Å². The monoisotopic (exact) mass is 217 g/mol. The topological polar surface area (TPSA) is 12.0 Å². The quantitative estimate of drug-likeness (QED) is 0.696. The zero-order valence-corrected chi connectivity index (χ0v) is 8.56. The van der Waals surface area contributed by atoms with E-state index in [-0.39, 0.29) is 0 Å². The highest BCUT2D eigenvalue weighted by molar-refractivity contribution is 5.37. The molecule has 0 aromatic heterocycles. The molecule has 0 radical (unpaired) electrons. The summed E-state index contributed by atoms with van der Waals surface area (Å²) in [5, 5.41) is 2.26. The van der Waals surface area contributed by atoms with E-state index in [0.717, 1.165) is 0 Å². The fourth-order valence-electron chi connectivity index (χ4n) is 0.777. The molecule has 4 heteroatoms. The first-order valence-corrected chi connectivity index (χ1v) is 4.36. The van der Waals surface area contributed by atoms with Crippen LogP contribution in [0, 0.1) is 0 Å². The molecular formula is C11H14F3N. The molecule has 0 saturated heterocycles. The van der Waals surface area contributed by atoms with Crippen LogP contribution in [0.15, 0.2) is 48.7 Å². The predicted molar refractivity (Wildman–Crippen MR) is 56.3 cm³/mol. The molecular weight excluding hydrogens is 203 g/mol. The summed E-state index contributed by atoms with van der Waals surface area (Å²) in [4.78, 5) is 0. The van der Waals surface area contributed by atoms with E-state index in [9.17, 15) is 13.2 Å². The van der Waals surface area contributed by atoms with Gasteiger partial charge in [-0.15, -0.1) is 0 Å². The molecule has 0 fully saturated rings. The van der Waals surface area contributed by atoms with Crippen LogP contribution in [0.5, 0.6) is 0 Å². The summed E-state index contributed by atoms with van der Waals surface area (Å²) < 4.78 is 35.8. The number of halogens is 3. The van der Waals surface area contributed by atoms with Gasteiger partial charge >= 0.3 is 6.18 Å². The molecule has 0 heterocycles. The van der Waals surface area contributed by atoms with Crippen molar-refractivity contribution >= 4 is 0 Å². The average Bonchev–Trinajstić information content (AvgIpc) is 2.15. The van der Waals surface area contributed by atoms with Gasteiger partial charge in [-0.3, -0.25) is 0 Å². The molecule has 0 spiro atoms. The summed E-state index contributed by atoms with van der Waals surface area (Å²) in [6.07, 6.45) is 2.03. The largest absolute Gasteiger partial charge is 0.405 e. The molecule has 1 N–H and O–H groups in total. The Morgan fingerprint density at radius 3 is 2.40 bits per heavy atom. The van der Waals surface area contributed by atoms with Crippen molar-refractivity contribution in [3.63, 3.8) is 0 Å². The molecule has 0 atom stereocenters. The summed E-state index contributed by atoms with van der Waals surface area (Å²) in [5.41, 5.74) is 0.748. The van der Waals surface area contributed by atoms with Crippen molar-refractivity contribution in [2.45, 2.75) is 13.1 Å². The summed E-state index contributed by atoms with van der Waals surface area (Å²) in [5.74, 6) is 0. The van der Waals surface area contributed by atoms with E-state index in [4.69, 9.17) is 0 Å². The second-order valence-corrected chi connectivity index (χ2v) is 2.80. The molecule has 15 heavy (non-hydrogen) atoms. The second kappa shape index (κ2) is 6.11. The highest BCUT2D eigenvalue weighted by Crippen LogP contribution is 2.14. The number of nitrogens with one attached hydrogen (secondary N) is 1. The van der Waals surface area contributed by atoms with Gasteiger partial charge in [-0.25, -0.2) is 0 Å². The number of rotatable bonds is 5. The Balaban J connectivity index is 4.53. The SMILES string of the molecule is C=CC(=C)/C(=C\C=C/C)NCC(F)(F)F. The molecule has 0 rings (SSSR count). The Morgan fingerprint density at radius 1 is 1.40 bits per heavy atom. The Hall–Kier alpha value is -1.45. The smallest absolute Gasteiger partial charge is 0.376 e. The van der Waals surface area contributed by atoms with Crippen LogP contribution in [0.2, 0.25) is 0 Å². The van der Waals surface area contributed by atoms with Crippen LogP contribution < -0.4 is 5.32 Å². The molecule has 0 aromatic carbocycles. The fraction of sp³-hybridized carbons (Fsp3) is 0.273. The molecule has 0 aliphatic heterocycles. The zero-order chi connectivity index (χ0) is 11.9. The first-order valence-electron chi connectivity index (χ1n) is 4.36. The molecule has 0 amide bonds. The summed E-state index contributed by atoms with van der Waals surface area (Å²) in [7, 11) is 0. The van der Waals surface area contributed by atoms with E-state index in [1.807, 2.05) is 0 Å². The Kier molecular flexibility index (Phi) is 5.52. The second-order valence-electron chi connectivity index (χ2n) is 2.80. The molecule has 0 aliphatic rings. The highest BCUT2D eigenvalue weighted by Gasteiger charge is 2.26. The number of hydrogen-bond acceptors (Lipinski definition) is 1. The van der Waals surface area contributed by atoms with Crippen molar-refractivity contribution in [3.05, 3.63) is 48.7 Å². The van der Waals surface area contributed by atoms with Gasteiger partial charge in [0.2, 0.25) is 0 Å².